The van der Waals surface area contributed by atoms with Crippen molar-refractivity contribution in [3.05, 3.63) is 0 Å². The van der Waals surface area contributed by atoms with E-state index < -0.39 is 5.60 Å². The van der Waals surface area contributed by atoms with E-state index in [9.17, 15) is 5.11 Å². The summed E-state index contributed by atoms with van der Waals surface area (Å²) >= 11 is 0. The van der Waals surface area contributed by atoms with E-state index in [0.717, 1.165) is 25.7 Å². The maximum Gasteiger partial charge on any atom is 0.0726 e. The highest BCUT2D eigenvalue weighted by atomic mass is 16.3. The number of aliphatic hydroxyl groups is 1. The highest BCUT2D eigenvalue weighted by Crippen LogP contribution is 2.48. The lowest BCUT2D eigenvalue weighted by Gasteiger charge is -2.49. The second kappa shape index (κ2) is 9.82. The molecule has 1 heteroatoms. The lowest BCUT2D eigenvalue weighted by Crippen LogP contribution is -2.51. The van der Waals surface area contributed by atoms with Crippen molar-refractivity contribution < 1.29 is 5.11 Å². The molecule has 0 aliphatic carbocycles. The first kappa shape index (κ1) is 20.0. The van der Waals surface area contributed by atoms with Crippen LogP contribution in [0.1, 0.15) is 106 Å². The van der Waals surface area contributed by atoms with Crippen molar-refractivity contribution in [2.45, 2.75) is 111 Å². The summed E-state index contributed by atoms with van der Waals surface area (Å²) in [7, 11) is 0. The molecule has 0 fully saturated rings. The molecule has 0 aliphatic rings. The standard InChI is InChI=1S/C19H40O/c1-7-11-12-13-14-15-16-19(20,17(5)6)18(8-2,9-3)10-4/h17,20H,7-16H2,1-6H3. The Hall–Kier alpha value is -0.0400. The summed E-state index contributed by atoms with van der Waals surface area (Å²) in [4.78, 5) is 0. The molecule has 0 aromatic heterocycles. The predicted octanol–water partition coefficient (Wildman–Crippen LogP) is 6.34. The molecule has 0 bridgehead atoms. The van der Waals surface area contributed by atoms with Crippen LogP contribution in [0.2, 0.25) is 0 Å². The molecule has 1 N–H and O–H groups in total. The van der Waals surface area contributed by atoms with Crippen molar-refractivity contribution in [2.24, 2.45) is 11.3 Å². The first-order valence-electron chi connectivity index (χ1n) is 9.16. The van der Waals surface area contributed by atoms with Gasteiger partial charge in [-0.25, -0.2) is 0 Å². The van der Waals surface area contributed by atoms with E-state index in [1.54, 1.807) is 0 Å². The lowest BCUT2D eigenvalue weighted by molar-refractivity contribution is -0.132. The third kappa shape index (κ3) is 4.76. The topological polar surface area (TPSA) is 20.2 Å². The summed E-state index contributed by atoms with van der Waals surface area (Å²) in [6.07, 6.45) is 12.1. The molecule has 1 nitrogen and oxygen atoms in total. The van der Waals surface area contributed by atoms with Crippen LogP contribution in [0, 0.1) is 11.3 Å². The zero-order valence-corrected chi connectivity index (χ0v) is 15.1. The largest absolute Gasteiger partial charge is 0.389 e. The van der Waals surface area contributed by atoms with Gasteiger partial charge < -0.3 is 5.11 Å². The van der Waals surface area contributed by atoms with E-state index in [1.807, 2.05) is 0 Å². The SMILES string of the molecule is CCCCCCCCC(O)(C(C)C)C(CC)(CC)CC. The van der Waals surface area contributed by atoms with Gasteiger partial charge in [0.25, 0.3) is 0 Å². The number of hydrogen-bond acceptors (Lipinski definition) is 1. The molecule has 1 unspecified atom stereocenters. The first-order chi connectivity index (χ1) is 9.44. The van der Waals surface area contributed by atoms with Crippen LogP contribution in [0.4, 0.5) is 0 Å². The van der Waals surface area contributed by atoms with Crippen molar-refractivity contribution in [1.29, 1.82) is 0 Å². The Kier molecular flexibility index (Phi) is 9.80. The maximum absolute atomic E-state index is 11.4. The molecule has 122 valence electrons. The second-order valence-electron chi connectivity index (χ2n) is 6.94. The van der Waals surface area contributed by atoms with E-state index >= 15 is 0 Å². The van der Waals surface area contributed by atoms with Gasteiger partial charge in [-0.15, -0.1) is 0 Å². The normalized spacial score (nSPS) is 15.6. The summed E-state index contributed by atoms with van der Waals surface area (Å²) in [6.45, 7) is 13.4. The maximum atomic E-state index is 11.4. The molecule has 0 amide bonds. The molecular weight excluding hydrogens is 244 g/mol. The Labute approximate surface area is 128 Å². The second-order valence-corrected chi connectivity index (χ2v) is 6.94. The smallest absolute Gasteiger partial charge is 0.0726 e. The van der Waals surface area contributed by atoms with E-state index in [2.05, 4.69) is 41.5 Å². The first-order valence-corrected chi connectivity index (χ1v) is 9.16. The van der Waals surface area contributed by atoms with E-state index in [0.29, 0.717) is 5.92 Å². The molecule has 0 aromatic rings. The van der Waals surface area contributed by atoms with Crippen LogP contribution < -0.4 is 0 Å². The fourth-order valence-electron chi connectivity index (χ4n) is 4.01. The Morgan fingerprint density at radius 2 is 1.20 bits per heavy atom. The van der Waals surface area contributed by atoms with E-state index in [-0.39, 0.29) is 5.41 Å². The average molecular weight is 285 g/mol. The molecule has 0 aliphatic heterocycles. The van der Waals surface area contributed by atoms with Crippen LogP contribution in [0.5, 0.6) is 0 Å². The fraction of sp³-hybridized carbons (Fsp3) is 1.00. The van der Waals surface area contributed by atoms with Crippen molar-refractivity contribution in [1.82, 2.24) is 0 Å². The zero-order chi connectivity index (χ0) is 15.6. The molecule has 1 atom stereocenters. The Morgan fingerprint density at radius 1 is 0.750 bits per heavy atom. The summed E-state index contributed by atoms with van der Waals surface area (Å²) in [5.74, 6) is 0.345. The molecular formula is C19H40O. The number of hydrogen-bond donors (Lipinski definition) is 1. The minimum Gasteiger partial charge on any atom is -0.389 e. The zero-order valence-electron chi connectivity index (χ0n) is 15.1. The minimum atomic E-state index is -0.490. The quantitative estimate of drug-likeness (QED) is 0.414. The van der Waals surface area contributed by atoms with Crippen LogP contribution >= 0.6 is 0 Å². The Morgan fingerprint density at radius 3 is 1.60 bits per heavy atom. The summed E-state index contributed by atoms with van der Waals surface area (Å²) in [5, 5.41) is 11.4. The lowest BCUT2D eigenvalue weighted by atomic mass is 9.60. The third-order valence-corrected chi connectivity index (χ3v) is 5.82. The van der Waals surface area contributed by atoms with Gasteiger partial charge in [0.05, 0.1) is 5.60 Å². The van der Waals surface area contributed by atoms with Crippen LogP contribution in [-0.4, -0.2) is 10.7 Å². The van der Waals surface area contributed by atoms with Gasteiger partial charge in [0.1, 0.15) is 0 Å². The van der Waals surface area contributed by atoms with Crippen molar-refractivity contribution in [3.8, 4) is 0 Å². The third-order valence-electron chi connectivity index (χ3n) is 5.82. The average Bonchev–Trinajstić information content (AvgIpc) is 2.45. The van der Waals surface area contributed by atoms with Crippen LogP contribution in [0.3, 0.4) is 0 Å². The van der Waals surface area contributed by atoms with Crippen molar-refractivity contribution in [3.63, 3.8) is 0 Å². The highest BCUT2D eigenvalue weighted by Gasteiger charge is 2.47. The molecule has 0 saturated carbocycles. The molecule has 0 saturated heterocycles. The predicted molar refractivity (Wildman–Crippen MR) is 91.1 cm³/mol. The molecule has 0 aromatic carbocycles. The highest BCUT2D eigenvalue weighted by molar-refractivity contribution is 4.98. The summed E-state index contributed by atoms with van der Waals surface area (Å²) in [5.41, 5.74) is -0.388. The van der Waals surface area contributed by atoms with Crippen LogP contribution in [0.15, 0.2) is 0 Å². The number of unbranched alkanes of at least 4 members (excludes halogenated alkanes) is 5. The molecule has 0 rings (SSSR count). The molecule has 0 heterocycles. The van der Waals surface area contributed by atoms with Gasteiger partial charge >= 0.3 is 0 Å². The molecule has 20 heavy (non-hydrogen) atoms. The van der Waals surface area contributed by atoms with Gasteiger partial charge in [-0.2, -0.15) is 0 Å². The van der Waals surface area contributed by atoms with Crippen molar-refractivity contribution in [2.75, 3.05) is 0 Å². The monoisotopic (exact) mass is 284 g/mol. The van der Waals surface area contributed by atoms with Gasteiger partial charge in [-0.3, -0.25) is 0 Å². The summed E-state index contributed by atoms with van der Waals surface area (Å²) < 4.78 is 0. The fourth-order valence-corrected chi connectivity index (χ4v) is 4.01. The van der Waals surface area contributed by atoms with Crippen LogP contribution in [-0.2, 0) is 0 Å². The summed E-state index contributed by atoms with van der Waals surface area (Å²) in [6, 6.07) is 0. The van der Waals surface area contributed by atoms with E-state index in [1.165, 1.54) is 38.5 Å². The molecule has 0 radical (unpaired) electrons. The van der Waals surface area contributed by atoms with Crippen LogP contribution in [0.25, 0.3) is 0 Å². The van der Waals surface area contributed by atoms with Gasteiger partial charge in [-0.1, -0.05) is 80.1 Å². The van der Waals surface area contributed by atoms with E-state index in [4.69, 9.17) is 0 Å². The number of rotatable bonds is 12. The minimum absolute atomic E-state index is 0.102. The van der Waals surface area contributed by atoms with Gasteiger partial charge in [0, 0.05) is 0 Å². The van der Waals surface area contributed by atoms with Crippen molar-refractivity contribution >= 4 is 0 Å². The molecule has 0 spiro atoms. The van der Waals surface area contributed by atoms with Gasteiger partial charge in [0.15, 0.2) is 0 Å². The van der Waals surface area contributed by atoms with Gasteiger partial charge in [0.2, 0.25) is 0 Å². The van der Waals surface area contributed by atoms with Gasteiger partial charge in [-0.05, 0) is 37.0 Å². The Balaban J connectivity index is 4.60. The Bertz CT molecular complexity index is 222.